The van der Waals surface area contributed by atoms with Crippen molar-refractivity contribution in [2.45, 2.75) is 39.2 Å². The molecule has 24 heavy (non-hydrogen) atoms. The molecule has 1 saturated carbocycles. The zero-order valence-electron chi connectivity index (χ0n) is 13.8. The second-order valence-electron chi connectivity index (χ2n) is 7.13. The van der Waals surface area contributed by atoms with Crippen molar-refractivity contribution in [3.63, 3.8) is 0 Å². The molecule has 130 valence electrons. The maximum Gasteiger partial charge on any atom is 0.318 e. The third-order valence-electron chi connectivity index (χ3n) is 5.58. The maximum absolute atomic E-state index is 12.7. The fraction of sp³-hybridized carbons (Fsp3) is 0.529. The van der Waals surface area contributed by atoms with Gasteiger partial charge in [0.05, 0.1) is 5.75 Å². The van der Waals surface area contributed by atoms with Crippen molar-refractivity contribution in [1.82, 2.24) is 0 Å². The molecule has 1 spiro atoms. The molecule has 7 heteroatoms. The number of hydrogen-bond donors (Lipinski definition) is 2. The van der Waals surface area contributed by atoms with Gasteiger partial charge in [-0.25, -0.2) is 8.42 Å². The summed E-state index contributed by atoms with van der Waals surface area (Å²) >= 11 is 0. The number of rotatable bonds is 4. The van der Waals surface area contributed by atoms with E-state index in [0.717, 1.165) is 5.57 Å². The third kappa shape index (κ3) is 2.22. The van der Waals surface area contributed by atoms with Crippen LogP contribution in [0.25, 0.3) is 0 Å². The second-order valence-corrected chi connectivity index (χ2v) is 9.19. The van der Waals surface area contributed by atoms with Gasteiger partial charge in [0.2, 0.25) is 0 Å². The van der Waals surface area contributed by atoms with E-state index in [9.17, 15) is 23.1 Å². The minimum atomic E-state index is -3.83. The number of allylic oxidation sites excluding steroid dienone is 3. The molecule has 0 bridgehead atoms. The van der Waals surface area contributed by atoms with Gasteiger partial charge in [0.1, 0.15) is 11.4 Å². The zero-order valence-corrected chi connectivity index (χ0v) is 14.7. The molecule has 6 nitrogen and oxygen atoms in total. The van der Waals surface area contributed by atoms with Gasteiger partial charge in [0, 0.05) is 11.0 Å². The van der Waals surface area contributed by atoms with E-state index in [1.807, 2.05) is 6.92 Å². The highest BCUT2D eigenvalue weighted by molar-refractivity contribution is 7.92. The normalized spacial score (nSPS) is 28.3. The SMILES string of the molecule is CC1=C(CS(=O)(=O)CC(=O)O)C2=C(C)C3(CC3)[C@@](C)(O)C(=O)C2=C1. The molecule has 0 aliphatic heterocycles. The van der Waals surface area contributed by atoms with Crippen molar-refractivity contribution in [2.75, 3.05) is 11.5 Å². The number of carboxylic acid groups (broad SMARTS) is 1. The summed E-state index contributed by atoms with van der Waals surface area (Å²) in [5.74, 6) is -3.14. The Morgan fingerprint density at radius 3 is 2.38 bits per heavy atom. The van der Waals surface area contributed by atoms with Crippen LogP contribution >= 0.6 is 0 Å². The molecule has 0 heterocycles. The van der Waals surface area contributed by atoms with Crippen LogP contribution in [-0.2, 0) is 19.4 Å². The molecule has 3 rings (SSSR count). The molecule has 0 aromatic carbocycles. The summed E-state index contributed by atoms with van der Waals surface area (Å²) in [7, 11) is -3.83. The molecule has 0 aromatic rings. The highest BCUT2D eigenvalue weighted by Crippen LogP contribution is 2.64. The molecule has 0 aromatic heterocycles. The van der Waals surface area contributed by atoms with Crippen LogP contribution in [0.5, 0.6) is 0 Å². The summed E-state index contributed by atoms with van der Waals surface area (Å²) in [6.07, 6.45) is 2.97. The average molecular weight is 352 g/mol. The van der Waals surface area contributed by atoms with E-state index in [0.29, 0.717) is 35.1 Å². The Morgan fingerprint density at radius 1 is 1.29 bits per heavy atom. The van der Waals surface area contributed by atoms with Gasteiger partial charge in [-0.15, -0.1) is 0 Å². The van der Waals surface area contributed by atoms with Gasteiger partial charge in [-0.05, 0) is 56.4 Å². The fourth-order valence-electron chi connectivity index (χ4n) is 4.06. The van der Waals surface area contributed by atoms with Crippen LogP contribution in [0.2, 0.25) is 0 Å². The van der Waals surface area contributed by atoms with Crippen molar-refractivity contribution in [1.29, 1.82) is 0 Å². The molecule has 1 atom stereocenters. The van der Waals surface area contributed by atoms with Crippen molar-refractivity contribution in [3.8, 4) is 0 Å². The van der Waals surface area contributed by atoms with Gasteiger partial charge in [-0.1, -0.05) is 5.57 Å². The summed E-state index contributed by atoms with van der Waals surface area (Å²) in [6, 6.07) is 0. The number of fused-ring (bicyclic) bond motifs is 1. The molecule has 0 saturated heterocycles. The first kappa shape index (κ1) is 17.1. The number of aliphatic hydroxyl groups is 1. The number of ketones is 1. The number of Topliss-reactive ketones (excluding diaryl/α,β-unsaturated/α-hetero) is 1. The van der Waals surface area contributed by atoms with Crippen molar-refractivity contribution in [3.05, 3.63) is 33.9 Å². The zero-order chi connectivity index (χ0) is 18.1. The minimum Gasteiger partial charge on any atom is -0.480 e. The molecule has 0 unspecified atom stereocenters. The van der Waals surface area contributed by atoms with E-state index in [4.69, 9.17) is 5.11 Å². The van der Waals surface area contributed by atoms with Crippen LogP contribution in [0.15, 0.2) is 33.9 Å². The Kier molecular flexibility index (Phi) is 3.49. The predicted octanol–water partition coefficient (Wildman–Crippen LogP) is 1.17. The molecule has 3 aliphatic rings. The first-order valence-corrected chi connectivity index (χ1v) is 9.58. The number of aliphatic carboxylic acids is 1. The lowest BCUT2D eigenvalue weighted by Crippen LogP contribution is -2.49. The van der Waals surface area contributed by atoms with Gasteiger partial charge in [0.15, 0.2) is 15.6 Å². The molecule has 1 fully saturated rings. The molecule has 0 radical (unpaired) electrons. The number of hydrogen-bond acceptors (Lipinski definition) is 5. The number of carbonyl (C=O) groups is 2. The van der Waals surface area contributed by atoms with Gasteiger partial charge in [-0.3, -0.25) is 9.59 Å². The lowest BCUT2D eigenvalue weighted by molar-refractivity contribution is -0.137. The molecule has 2 N–H and O–H groups in total. The minimum absolute atomic E-state index is 0.341. The summed E-state index contributed by atoms with van der Waals surface area (Å²) < 4.78 is 24.2. The van der Waals surface area contributed by atoms with Gasteiger partial charge in [-0.2, -0.15) is 0 Å². The van der Waals surface area contributed by atoms with Crippen LogP contribution in [0, 0.1) is 5.41 Å². The van der Waals surface area contributed by atoms with E-state index in [1.165, 1.54) is 6.92 Å². The Hall–Kier alpha value is -1.73. The van der Waals surface area contributed by atoms with Crippen LogP contribution in [0.4, 0.5) is 0 Å². The molecule has 3 aliphatic carbocycles. The fourth-order valence-corrected chi connectivity index (χ4v) is 5.35. The Balaban J connectivity index is 2.09. The van der Waals surface area contributed by atoms with Crippen LogP contribution in [0.1, 0.15) is 33.6 Å². The van der Waals surface area contributed by atoms with Gasteiger partial charge >= 0.3 is 5.97 Å². The summed E-state index contributed by atoms with van der Waals surface area (Å²) in [4.78, 5) is 23.5. The Labute approximate surface area is 140 Å². The first-order chi connectivity index (χ1) is 10.9. The number of carbonyl (C=O) groups excluding carboxylic acids is 1. The summed E-state index contributed by atoms with van der Waals surface area (Å²) in [5.41, 5.74) is 0.777. The average Bonchev–Trinajstić information content (AvgIpc) is 3.17. The monoisotopic (exact) mass is 352 g/mol. The van der Waals surface area contributed by atoms with E-state index in [-0.39, 0.29) is 5.78 Å². The van der Waals surface area contributed by atoms with E-state index in [2.05, 4.69) is 0 Å². The highest BCUT2D eigenvalue weighted by Gasteiger charge is 2.65. The largest absolute Gasteiger partial charge is 0.480 e. The summed E-state index contributed by atoms with van der Waals surface area (Å²) in [5, 5.41) is 19.5. The Bertz CT molecular complexity index is 863. The van der Waals surface area contributed by atoms with Crippen molar-refractivity contribution >= 4 is 21.6 Å². The Morgan fingerprint density at radius 2 is 1.88 bits per heavy atom. The predicted molar refractivity (Wildman–Crippen MR) is 87.1 cm³/mol. The topological polar surface area (TPSA) is 109 Å². The van der Waals surface area contributed by atoms with Crippen LogP contribution < -0.4 is 0 Å². The van der Waals surface area contributed by atoms with E-state index >= 15 is 0 Å². The van der Waals surface area contributed by atoms with Crippen molar-refractivity contribution in [2.24, 2.45) is 5.41 Å². The lowest BCUT2D eigenvalue weighted by Gasteiger charge is -2.39. The molecule has 0 amide bonds. The van der Waals surface area contributed by atoms with E-state index in [1.54, 1.807) is 13.0 Å². The summed E-state index contributed by atoms with van der Waals surface area (Å²) in [6.45, 7) is 5.07. The van der Waals surface area contributed by atoms with Crippen molar-refractivity contribution < 1.29 is 28.2 Å². The van der Waals surface area contributed by atoms with E-state index < -0.39 is 38.3 Å². The van der Waals surface area contributed by atoms with Crippen LogP contribution in [-0.4, -0.2) is 47.5 Å². The highest BCUT2D eigenvalue weighted by atomic mass is 32.2. The smallest absolute Gasteiger partial charge is 0.318 e. The quantitative estimate of drug-likeness (QED) is 0.786. The first-order valence-electron chi connectivity index (χ1n) is 7.76. The molecular formula is C17H20O6S. The third-order valence-corrected chi connectivity index (χ3v) is 6.99. The number of carboxylic acids is 1. The maximum atomic E-state index is 12.7. The number of sulfone groups is 1. The standard InChI is InChI=1S/C17H20O6S/c1-9-6-11-14(12(9)7-24(22,23)8-13(18)19)10(2)17(4-5-17)16(3,21)15(11)20/h6,21H,4-5,7-8H2,1-3H3,(H,18,19)/t16-/m0/s1. The second kappa shape index (κ2) is 4.89. The van der Waals surface area contributed by atoms with Gasteiger partial charge < -0.3 is 10.2 Å². The van der Waals surface area contributed by atoms with Gasteiger partial charge in [0.25, 0.3) is 0 Å². The van der Waals surface area contributed by atoms with Crippen LogP contribution in [0.3, 0.4) is 0 Å². The lowest BCUT2D eigenvalue weighted by atomic mass is 9.67. The molecular weight excluding hydrogens is 332 g/mol.